The van der Waals surface area contributed by atoms with Crippen LogP contribution in [-0.4, -0.2) is 34.1 Å². The zero-order valence-electron chi connectivity index (χ0n) is 14.8. The topological polar surface area (TPSA) is 110 Å². The molecular formula is C19H17N3O5. The fraction of sp³-hybridized carbons (Fsp3) is 0.211. The number of Topliss-reactive ketones (excluding diaryl/α,β-unsaturated/α-hetero) is 1. The highest BCUT2D eigenvalue weighted by molar-refractivity contribution is 6.11. The minimum absolute atomic E-state index is 0.120. The number of non-ortho nitro benzene ring substituents is 1. The minimum Gasteiger partial charge on any atom is -0.319 e. The third-order valence-electron chi connectivity index (χ3n) is 4.61. The van der Waals surface area contributed by atoms with E-state index in [1.54, 1.807) is 24.3 Å². The number of imide groups is 1. The molecule has 1 fully saturated rings. The van der Waals surface area contributed by atoms with Gasteiger partial charge in [-0.3, -0.25) is 24.6 Å². The van der Waals surface area contributed by atoms with Crippen molar-refractivity contribution in [3.8, 4) is 0 Å². The van der Waals surface area contributed by atoms with E-state index in [0.29, 0.717) is 11.1 Å². The molecule has 1 heterocycles. The smallest absolute Gasteiger partial charge is 0.319 e. The summed E-state index contributed by atoms with van der Waals surface area (Å²) in [4.78, 5) is 48.7. The van der Waals surface area contributed by atoms with Crippen LogP contribution in [0, 0.1) is 17.0 Å². The summed E-state index contributed by atoms with van der Waals surface area (Å²) in [6.45, 7) is 3.02. The Morgan fingerprint density at radius 3 is 2.26 bits per heavy atom. The van der Waals surface area contributed by atoms with E-state index in [2.05, 4.69) is 5.32 Å². The summed E-state index contributed by atoms with van der Waals surface area (Å²) in [5, 5.41) is 13.4. The molecule has 1 N–H and O–H groups in total. The quantitative estimate of drug-likeness (QED) is 0.378. The summed E-state index contributed by atoms with van der Waals surface area (Å²) in [6.07, 6.45) is 0. The van der Waals surface area contributed by atoms with E-state index < -0.39 is 22.4 Å². The van der Waals surface area contributed by atoms with Crippen molar-refractivity contribution in [1.82, 2.24) is 10.2 Å². The highest BCUT2D eigenvalue weighted by Gasteiger charge is 2.49. The van der Waals surface area contributed by atoms with E-state index in [4.69, 9.17) is 0 Å². The summed E-state index contributed by atoms with van der Waals surface area (Å²) >= 11 is 0. The van der Waals surface area contributed by atoms with Gasteiger partial charge >= 0.3 is 6.03 Å². The molecule has 27 heavy (non-hydrogen) atoms. The van der Waals surface area contributed by atoms with Crippen LogP contribution in [0.2, 0.25) is 0 Å². The zero-order valence-corrected chi connectivity index (χ0v) is 14.8. The van der Waals surface area contributed by atoms with Gasteiger partial charge in [-0.2, -0.15) is 0 Å². The van der Waals surface area contributed by atoms with Crippen LogP contribution in [0.1, 0.15) is 28.4 Å². The first-order chi connectivity index (χ1) is 12.7. The third-order valence-corrected chi connectivity index (χ3v) is 4.61. The number of nitrogens with zero attached hydrogens (tertiary/aromatic N) is 2. The molecule has 0 aliphatic carbocycles. The van der Waals surface area contributed by atoms with Crippen LogP contribution in [-0.2, 0) is 10.3 Å². The van der Waals surface area contributed by atoms with Crippen LogP contribution in [0.3, 0.4) is 0 Å². The highest BCUT2D eigenvalue weighted by atomic mass is 16.6. The molecule has 2 aromatic carbocycles. The molecule has 138 valence electrons. The molecule has 1 aliphatic rings. The monoisotopic (exact) mass is 367 g/mol. The number of carbonyl (C=O) groups excluding carboxylic acids is 3. The number of aryl methyl sites for hydroxylation is 1. The lowest BCUT2D eigenvalue weighted by atomic mass is 9.92. The molecule has 0 unspecified atom stereocenters. The van der Waals surface area contributed by atoms with E-state index >= 15 is 0 Å². The molecule has 0 spiro atoms. The Morgan fingerprint density at radius 1 is 1.11 bits per heavy atom. The predicted octanol–water partition coefficient (Wildman–Crippen LogP) is 2.55. The van der Waals surface area contributed by atoms with Crippen LogP contribution in [0.15, 0.2) is 48.5 Å². The second-order valence-electron chi connectivity index (χ2n) is 6.54. The number of ketones is 1. The average molecular weight is 367 g/mol. The van der Waals surface area contributed by atoms with Crippen molar-refractivity contribution < 1.29 is 19.3 Å². The third kappa shape index (κ3) is 3.29. The summed E-state index contributed by atoms with van der Waals surface area (Å²) < 4.78 is 0. The van der Waals surface area contributed by atoms with Gasteiger partial charge in [0.1, 0.15) is 5.54 Å². The number of urea groups is 1. The Balaban J connectivity index is 1.82. The van der Waals surface area contributed by atoms with Gasteiger partial charge in [0, 0.05) is 17.7 Å². The Hall–Kier alpha value is -3.55. The fourth-order valence-electron chi connectivity index (χ4n) is 2.93. The molecule has 0 aromatic heterocycles. The zero-order chi connectivity index (χ0) is 19.8. The number of benzene rings is 2. The molecule has 3 amide bonds. The number of amides is 3. The second-order valence-corrected chi connectivity index (χ2v) is 6.54. The van der Waals surface area contributed by atoms with E-state index in [1.807, 2.05) is 6.92 Å². The maximum atomic E-state index is 12.8. The summed E-state index contributed by atoms with van der Waals surface area (Å²) in [7, 11) is 0. The number of rotatable bonds is 5. The van der Waals surface area contributed by atoms with Gasteiger partial charge in [-0.25, -0.2) is 4.79 Å². The van der Waals surface area contributed by atoms with Crippen LogP contribution in [0.25, 0.3) is 0 Å². The molecule has 0 radical (unpaired) electrons. The van der Waals surface area contributed by atoms with Crippen molar-refractivity contribution in [2.24, 2.45) is 0 Å². The minimum atomic E-state index is -1.39. The molecule has 1 aliphatic heterocycles. The maximum Gasteiger partial charge on any atom is 0.325 e. The van der Waals surface area contributed by atoms with Crippen molar-refractivity contribution in [2.45, 2.75) is 19.4 Å². The molecule has 0 bridgehead atoms. The van der Waals surface area contributed by atoms with Crippen LogP contribution in [0.5, 0.6) is 0 Å². The molecule has 2 aromatic rings. The van der Waals surface area contributed by atoms with E-state index in [0.717, 1.165) is 10.5 Å². The van der Waals surface area contributed by atoms with Crippen molar-refractivity contribution in [3.05, 3.63) is 75.3 Å². The standard InChI is InChI=1S/C19H17N3O5/c1-12-3-5-13(6-4-12)16(23)11-21-17(24)19(2,20-18(21)25)14-7-9-15(10-8-14)22(26)27/h3-10H,11H2,1-2H3,(H,20,25)/t19-/m0/s1. The maximum absolute atomic E-state index is 12.8. The van der Waals surface area contributed by atoms with Gasteiger partial charge in [0.25, 0.3) is 11.6 Å². The van der Waals surface area contributed by atoms with Gasteiger partial charge in [-0.05, 0) is 31.5 Å². The average Bonchev–Trinajstić information content (AvgIpc) is 2.86. The van der Waals surface area contributed by atoms with E-state index in [-0.39, 0.29) is 18.0 Å². The lowest BCUT2D eigenvalue weighted by molar-refractivity contribution is -0.384. The molecule has 3 rings (SSSR count). The Labute approximate surface area is 154 Å². The molecule has 8 nitrogen and oxygen atoms in total. The molecule has 8 heteroatoms. The van der Waals surface area contributed by atoms with E-state index in [9.17, 15) is 24.5 Å². The van der Waals surface area contributed by atoms with Crippen molar-refractivity contribution in [2.75, 3.05) is 6.54 Å². The Kier molecular flexibility index (Phi) is 4.49. The number of hydrogen-bond acceptors (Lipinski definition) is 5. The van der Waals surface area contributed by atoms with Gasteiger partial charge < -0.3 is 5.32 Å². The molecule has 0 saturated carbocycles. The first-order valence-electron chi connectivity index (χ1n) is 8.21. The van der Waals surface area contributed by atoms with Gasteiger partial charge in [0.2, 0.25) is 0 Å². The molecule has 1 atom stereocenters. The SMILES string of the molecule is Cc1ccc(C(=O)CN2C(=O)N[C@@](C)(c3ccc([N+](=O)[O-])cc3)C2=O)cc1. The van der Waals surface area contributed by atoms with Gasteiger partial charge in [-0.1, -0.05) is 29.8 Å². The van der Waals surface area contributed by atoms with Gasteiger partial charge in [-0.15, -0.1) is 0 Å². The largest absolute Gasteiger partial charge is 0.325 e. The second kappa shape index (κ2) is 6.64. The number of nitrogens with one attached hydrogen (secondary N) is 1. The molecule has 1 saturated heterocycles. The van der Waals surface area contributed by atoms with Crippen LogP contribution < -0.4 is 5.32 Å². The number of nitro groups is 1. The van der Waals surface area contributed by atoms with Crippen LogP contribution in [0.4, 0.5) is 10.5 Å². The lowest BCUT2D eigenvalue weighted by Gasteiger charge is -2.22. The summed E-state index contributed by atoms with van der Waals surface area (Å²) in [5.74, 6) is -0.937. The number of hydrogen-bond donors (Lipinski definition) is 1. The summed E-state index contributed by atoms with van der Waals surface area (Å²) in [6, 6.07) is 11.5. The highest BCUT2D eigenvalue weighted by Crippen LogP contribution is 2.30. The first-order valence-corrected chi connectivity index (χ1v) is 8.21. The predicted molar refractivity (Wildman–Crippen MR) is 96.2 cm³/mol. The van der Waals surface area contributed by atoms with Crippen LogP contribution >= 0.6 is 0 Å². The fourth-order valence-corrected chi connectivity index (χ4v) is 2.93. The number of carbonyl (C=O) groups is 3. The normalized spacial score (nSPS) is 19.1. The lowest BCUT2D eigenvalue weighted by Crippen LogP contribution is -2.41. The summed E-state index contributed by atoms with van der Waals surface area (Å²) in [5.41, 5.74) is 0.291. The number of nitro benzene ring substituents is 1. The Morgan fingerprint density at radius 2 is 1.70 bits per heavy atom. The van der Waals surface area contributed by atoms with Crippen molar-refractivity contribution >= 4 is 23.4 Å². The first kappa shape index (κ1) is 18.2. The van der Waals surface area contributed by atoms with Gasteiger partial charge in [0.05, 0.1) is 11.5 Å². The van der Waals surface area contributed by atoms with E-state index in [1.165, 1.54) is 31.2 Å². The van der Waals surface area contributed by atoms with Gasteiger partial charge in [0.15, 0.2) is 5.78 Å². The van der Waals surface area contributed by atoms with Crippen molar-refractivity contribution in [3.63, 3.8) is 0 Å². The Bertz CT molecular complexity index is 937. The molecular weight excluding hydrogens is 350 g/mol. The van der Waals surface area contributed by atoms with Crippen molar-refractivity contribution in [1.29, 1.82) is 0 Å².